The van der Waals surface area contributed by atoms with Crippen molar-refractivity contribution in [2.24, 2.45) is 0 Å². The number of amides is 1. The molecule has 0 bridgehead atoms. The van der Waals surface area contributed by atoms with Crippen molar-refractivity contribution in [1.82, 2.24) is 19.9 Å². The van der Waals surface area contributed by atoms with Crippen molar-refractivity contribution < 1.29 is 17.6 Å². The predicted molar refractivity (Wildman–Crippen MR) is 95.1 cm³/mol. The summed E-state index contributed by atoms with van der Waals surface area (Å²) in [5, 5.41) is 7.73. The Morgan fingerprint density at radius 1 is 1.26 bits per heavy atom. The van der Waals surface area contributed by atoms with Gasteiger partial charge < -0.3 is 9.32 Å². The molecule has 1 aliphatic heterocycles. The van der Waals surface area contributed by atoms with Crippen LogP contribution in [0.3, 0.4) is 0 Å². The number of carbonyl (C=O) groups excluding carboxylic acids is 1. The van der Waals surface area contributed by atoms with Crippen LogP contribution in [-0.2, 0) is 27.8 Å². The minimum absolute atomic E-state index is 0.0682. The van der Waals surface area contributed by atoms with Crippen molar-refractivity contribution in [2.45, 2.75) is 17.9 Å². The van der Waals surface area contributed by atoms with Gasteiger partial charge in [0, 0.05) is 25.1 Å². The lowest BCUT2D eigenvalue weighted by atomic mass is 10.2. The number of carbonyl (C=O) groups is 1. The fraction of sp³-hybridized carbons (Fsp3) is 0.176. The van der Waals surface area contributed by atoms with Gasteiger partial charge in [0.05, 0.1) is 23.4 Å². The largest absolute Gasteiger partial charge is 0.419 e. The molecule has 4 rings (SSSR count). The van der Waals surface area contributed by atoms with Crippen molar-refractivity contribution in [2.75, 3.05) is 11.9 Å². The molecule has 9 nitrogen and oxygen atoms in total. The Hall–Kier alpha value is -3.11. The molecule has 0 saturated carbocycles. The number of aromatic nitrogens is 3. The third-order valence-electron chi connectivity index (χ3n) is 4.23. The van der Waals surface area contributed by atoms with E-state index < -0.39 is 10.0 Å². The number of sulfonamides is 1. The van der Waals surface area contributed by atoms with Gasteiger partial charge in [-0.05, 0) is 35.9 Å². The summed E-state index contributed by atoms with van der Waals surface area (Å²) in [6.07, 6.45) is 3.38. The molecule has 1 aliphatic rings. The molecule has 2 aromatic heterocycles. The molecule has 0 radical (unpaired) electrons. The van der Waals surface area contributed by atoms with Crippen LogP contribution in [0.1, 0.15) is 11.5 Å². The van der Waals surface area contributed by atoms with E-state index >= 15 is 0 Å². The van der Waals surface area contributed by atoms with Crippen LogP contribution >= 0.6 is 0 Å². The van der Waals surface area contributed by atoms with E-state index in [1.54, 1.807) is 37.6 Å². The van der Waals surface area contributed by atoms with Crippen LogP contribution in [0.5, 0.6) is 0 Å². The van der Waals surface area contributed by atoms with Gasteiger partial charge in [0.2, 0.25) is 27.7 Å². The topological polar surface area (TPSA) is 118 Å². The van der Waals surface area contributed by atoms with Crippen molar-refractivity contribution in [3.05, 3.63) is 54.2 Å². The Balaban J connectivity index is 1.49. The third kappa shape index (κ3) is 3.32. The van der Waals surface area contributed by atoms with Crippen LogP contribution in [-0.4, -0.2) is 36.6 Å². The predicted octanol–water partition coefficient (Wildman–Crippen LogP) is 1.13. The van der Waals surface area contributed by atoms with Crippen molar-refractivity contribution >= 4 is 21.6 Å². The number of hydrogen-bond donors (Lipinski definition) is 1. The monoisotopic (exact) mass is 385 g/mol. The molecule has 3 heterocycles. The molecule has 1 N–H and O–H groups in total. The van der Waals surface area contributed by atoms with Crippen LogP contribution in [0, 0.1) is 0 Å². The molecule has 0 aliphatic carbocycles. The number of nitrogens with zero attached hydrogens (tertiary/aromatic N) is 4. The van der Waals surface area contributed by atoms with Crippen molar-refractivity contribution in [3.8, 4) is 11.5 Å². The fourth-order valence-corrected chi connectivity index (χ4v) is 3.81. The van der Waals surface area contributed by atoms with Crippen LogP contribution in [0.25, 0.3) is 11.5 Å². The summed E-state index contributed by atoms with van der Waals surface area (Å²) in [5.41, 5.74) is 2.05. The average Bonchev–Trinajstić information content (AvgIpc) is 3.26. The zero-order chi connectivity index (χ0) is 19.0. The number of anilines is 1. The highest BCUT2D eigenvalue weighted by Gasteiger charge is 2.26. The van der Waals surface area contributed by atoms with Gasteiger partial charge in [-0.3, -0.25) is 9.78 Å². The van der Waals surface area contributed by atoms with Gasteiger partial charge in [0.25, 0.3) is 0 Å². The minimum Gasteiger partial charge on any atom is -0.419 e. The quantitative estimate of drug-likeness (QED) is 0.699. The zero-order valence-corrected chi connectivity index (χ0v) is 15.1. The first-order chi connectivity index (χ1) is 12.9. The van der Waals surface area contributed by atoms with Gasteiger partial charge in [0.1, 0.15) is 0 Å². The van der Waals surface area contributed by atoms with Gasteiger partial charge in [0.15, 0.2) is 0 Å². The number of fused-ring (bicyclic) bond motifs is 1. The summed E-state index contributed by atoms with van der Waals surface area (Å²) in [6.45, 7) is -0.147. The summed E-state index contributed by atoms with van der Waals surface area (Å²) >= 11 is 0. The molecule has 138 valence electrons. The molecule has 3 aromatic rings. The van der Waals surface area contributed by atoms with E-state index in [1.165, 1.54) is 17.0 Å². The summed E-state index contributed by atoms with van der Waals surface area (Å²) in [5.74, 6) is 0.325. The molecular formula is C17H15N5O4S. The second kappa shape index (κ2) is 6.56. The van der Waals surface area contributed by atoms with Gasteiger partial charge >= 0.3 is 0 Å². The lowest BCUT2D eigenvalue weighted by Gasteiger charge is -2.11. The fourth-order valence-electron chi connectivity index (χ4n) is 2.78. The van der Waals surface area contributed by atoms with Gasteiger partial charge in [-0.25, -0.2) is 13.1 Å². The second-order valence-electron chi connectivity index (χ2n) is 5.99. The number of benzene rings is 1. The summed E-state index contributed by atoms with van der Waals surface area (Å²) < 4.78 is 33.0. The van der Waals surface area contributed by atoms with Crippen molar-refractivity contribution in [1.29, 1.82) is 0 Å². The van der Waals surface area contributed by atoms with E-state index in [9.17, 15) is 13.2 Å². The Kier molecular flexibility index (Phi) is 4.21. The highest BCUT2D eigenvalue weighted by Crippen LogP contribution is 2.29. The van der Waals surface area contributed by atoms with Gasteiger partial charge in [-0.2, -0.15) is 0 Å². The van der Waals surface area contributed by atoms with Crippen LogP contribution < -0.4 is 9.62 Å². The summed E-state index contributed by atoms with van der Waals surface area (Å²) in [7, 11) is -2.13. The minimum atomic E-state index is -3.79. The molecule has 0 saturated heterocycles. The Morgan fingerprint density at radius 2 is 2.11 bits per heavy atom. The third-order valence-corrected chi connectivity index (χ3v) is 5.63. The van der Waals surface area contributed by atoms with Crippen LogP contribution in [0.4, 0.5) is 5.69 Å². The highest BCUT2D eigenvalue weighted by atomic mass is 32.2. The number of rotatable bonds is 5. The molecule has 1 amide bonds. The van der Waals surface area contributed by atoms with Crippen LogP contribution in [0.15, 0.2) is 52.0 Å². The van der Waals surface area contributed by atoms with E-state index in [0.717, 1.165) is 5.69 Å². The van der Waals surface area contributed by atoms with Gasteiger partial charge in [-0.15, -0.1) is 10.2 Å². The van der Waals surface area contributed by atoms with E-state index in [-0.39, 0.29) is 35.5 Å². The standard InChI is InChI=1S/C17H15N5O4S/c1-22-14-5-4-13(7-12(14)8-16(22)23)27(24,25)19-10-15-20-21-17(26-15)11-3-2-6-18-9-11/h2-7,9,19H,8,10H2,1H3. The normalized spacial score (nSPS) is 13.8. The molecule has 1 aromatic carbocycles. The first-order valence-corrected chi connectivity index (χ1v) is 9.54. The number of likely N-dealkylation sites (N-methyl/N-ethyl adjacent to an activating group) is 1. The van der Waals surface area contributed by atoms with Crippen molar-refractivity contribution in [3.63, 3.8) is 0 Å². The maximum atomic E-state index is 12.5. The SMILES string of the molecule is CN1C(=O)Cc2cc(S(=O)(=O)NCc3nnc(-c4cccnc4)o3)ccc21. The molecule has 0 atom stereocenters. The smallest absolute Gasteiger partial charge is 0.249 e. The average molecular weight is 385 g/mol. The maximum Gasteiger partial charge on any atom is 0.249 e. The Morgan fingerprint density at radius 3 is 2.89 bits per heavy atom. The first kappa shape index (κ1) is 17.3. The van der Waals surface area contributed by atoms with Gasteiger partial charge in [-0.1, -0.05) is 0 Å². The molecule has 0 unspecified atom stereocenters. The molecule has 0 fully saturated rings. The van der Waals surface area contributed by atoms with E-state index in [2.05, 4.69) is 19.9 Å². The Bertz CT molecular complexity index is 1110. The number of nitrogens with one attached hydrogen (secondary N) is 1. The van der Waals surface area contributed by atoms with E-state index in [0.29, 0.717) is 11.1 Å². The molecular weight excluding hydrogens is 370 g/mol. The number of pyridine rings is 1. The summed E-state index contributed by atoms with van der Waals surface area (Å²) in [6, 6.07) is 8.09. The zero-order valence-electron chi connectivity index (χ0n) is 14.3. The van der Waals surface area contributed by atoms with E-state index in [1.807, 2.05) is 0 Å². The lowest BCUT2D eigenvalue weighted by Crippen LogP contribution is -2.23. The second-order valence-corrected chi connectivity index (χ2v) is 7.75. The lowest BCUT2D eigenvalue weighted by molar-refractivity contribution is -0.117. The maximum absolute atomic E-state index is 12.5. The highest BCUT2D eigenvalue weighted by molar-refractivity contribution is 7.89. The molecule has 10 heteroatoms. The van der Waals surface area contributed by atoms with E-state index in [4.69, 9.17) is 4.42 Å². The van der Waals surface area contributed by atoms with Crippen LogP contribution in [0.2, 0.25) is 0 Å². The first-order valence-electron chi connectivity index (χ1n) is 8.06. The molecule has 27 heavy (non-hydrogen) atoms. The molecule has 0 spiro atoms. The summed E-state index contributed by atoms with van der Waals surface area (Å²) in [4.78, 5) is 17.3. The Labute approximate surface area is 155 Å². The number of hydrogen-bond acceptors (Lipinski definition) is 7.